The van der Waals surface area contributed by atoms with E-state index in [1.807, 2.05) is 28.9 Å². The molecule has 0 spiro atoms. The summed E-state index contributed by atoms with van der Waals surface area (Å²) in [6, 6.07) is 0. The molecule has 2 aromatic heterocycles. The summed E-state index contributed by atoms with van der Waals surface area (Å²) in [6.45, 7) is 5.84. The van der Waals surface area contributed by atoms with E-state index in [0.29, 0.717) is 37.7 Å². The fraction of sp³-hybridized carbons (Fsp3) is 0.611. The number of carbonyl (C=O) groups is 1. The molecule has 0 aromatic carbocycles. The second-order valence-electron chi connectivity index (χ2n) is 7.07. The van der Waals surface area contributed by atoms with Gasteiger partial charge in [-0.1, -0.05) is 0 Å². The van der Waals surface area contributed by atoms with E-state index in [1.54, 1.807) is 6.20 Å². The lowest BCUT2D eigenvalue weighted by molar-refractivity contribution is -0.0300. The Morgan fingerprint density at radius 1 is 1.31 bits per heavy atom. The molecule has 8 nitrogen and oxygen atoms in total. The molecule has 0 bridgehead atoms. The Labute approximate surface area is 152 Å². The van der Waals surface area contributed by atoms with Crippen molar-refractivity contribution in [3.8, 4) is 0 Å². The standard InChI is InChI=1S/C18H25N5O3/c1-13-8-20-23(10-13)12-15-11-22(4-7-26-15)18(24)16-9-19-21-17(16)14-2-5-25-6-3-14/h8-10,14-15H,2-7,11-12H2,1H3,(H,19,21). The van der Waals surface area contributed by atoms with Gasteiger partial charge in [0.1, 0.15) is 0 Å². The van der Waals surface area contributed by atoms with Crippen LogP contribution in [0.2, 0.25) is 0 Å². The van der Waals surface area contributed by atoms with Crippen molar-refractivity contribution < 1.29 is 14.3 Å². The lowest BCUT2D eigenvalue weighted by Gasteiger charge is -2.33. The molecule has 26 heavy (non-hydrogen) atoms. The van der Waals surface area contributed by atoms with Gasteiger partial charge in [0, 0.05) is 38.4 Å². The number of aryl methyl sites for hydroxylation is 1. The molecule has 2 aliphatic heterocycles. The normalized spacial score (nSPS) is 21.9. The van der Waals surface area contributed by atoms with E-state index in [-0.39, 0.29) is 12.0 Å². The van der Waals surface area contributed by atoms with Crippen LogP contribution >= 0.6 is 0 Å². The molecule has 140 valence electrons. The van der Waals surface area contributed by atoms with Crippen molar-refractivity contribution in [2.45, 2.75) is 38.3 Å². The van der Waals surface area contributed by atoms with Gasteiger partial charge in [-0.15, -0.1) is 0 Å². The van der Waals surface area contributed by atoms with Gasteiger partial charge in [0.05, 0.1) is 42.9 Å². The smallest absolute Gasteiger partial charge is 0.257 e. The van der Waals surface area contributed by atoms with Gasteiger partial charge >= 0.3 is 0 Å². The Kier molecular flexibility index (Phi) is 5.03. The first-order chi connectivity index (χ1) is 12.7. The highest BCUT2D eigenvalue weighted by atomic mass is 16.5. The molecule has 1 atom stereocenters. The molecule has 0 radical (unpaired) electrons. The summed E-state index contributed by atoms with van der Waals surface area (Å²) in [5.41, 5.74) is 2.75. The molecule has 0 aliphatic carbocycles. The third-order valence-corrected chi connectivity index (χ3v) is 5.11. The first-order valence-corrected chi connectivity index (χ1v) is 9.21. The maximum atomic E-state index is 13.1. The third-order valence-electron chi connectivity index (χ3n) is 5.11. The number of hydrogen-bond acceptors (Lipinski definition) is 5. The highest BCUT2D eigenvalue weighted by molar-refractivity contribution is 5.95. The average Bonchev–Trinajstić information content (AvgIpc) is 3.31. The van der Waals surface area contributed by atoms with E-state index < -0.39 is 0 Å². The molecular weight excluding hydrogens is 334 g/mol. The number of nitrogens with one attached hydrogen (secondary N) is 1. The molecule has 1 amide bonds. The van der Waals surface area contributed by atoms with Gasteiger partial charge in [-0.05, 0) is 25.3 Å². The van der Waals surface area contributed by atoms with Crippen molar-refractivity contribution in [2.24, 2.45) is 0 Å². The minimum absolute atomic E-state index is 0.0326. The zero-order valence-corrected chi connectivity index (χ0v) is 15.1. The minimum Gasteiger partial charge on any atom is -0.381 e. The van der Waals surface area contributed by atoms with Gasteiger partial charge in [-0.2, -0.15) is 10.2 Å². The molecule has 1 unspecified atom stereocenters. The topological polar surface area (TPSA) is 85.3 Å². The van der Waals surface area contributed by atoms with E-state index in [4.69, 9.17) is 9.47 Å². The van der Waals surface area contributed by atoms with Crippen LogP contribution in [-0.4, -0.2) is 69.8 Å². The molecular formula is C18H25N5O3. The number of hydrogen-bond donors (Lipinski definition) is 1. The van der Waals surface area contributed by atoms with Crippen molar-refractivity contribution in [3.05, 3.63) is 35.4 Å². The monoisotopic (exact) mass is 359 g/mol. The Morgan fingerprint density at radius 3 is 2.92 bits per heavy atom. The average molecular weight is 359 g/mol. The minimum atomic E-state index is -0.0505. The Balaban J connectivity index is 1.43. The summed E-state index contributed by atoms with van der Waals surface area (Å²) in [4.78, 5) is 15.0. The van der Waals surface area contributed by atoms with Gasteiger partial charge in [-0.25, -0.2) is 0 Å². The maximum Gasteiger partial charge on any atom is 0.257 e. The van der Waals surface area contributed by atoms with E-state index in [2.05, 4.69) is 15.3 Å². The van der Waals surface area contributed by atoms with Crippen LogP contribution in [0.4, 0.5) is 0 Å². The summed E-state index contributed by atoms with van der Waals surface area (Å²) >= 11 is 0. The lowest BCUT2D eigenvalue weighted by Crippen LogP contribution is -2.47. The first kappa shape index (κ1) is 17.2. The molecule has 2 fully saturated rings. The quantitative estimate of drug-likeness (QED) is 0.891. The summed E-state index contributed by atoms with van der Waals surface area (Å²) in [6.07, 6.45) is 7.28. The highest BCUT2D eigenvalue weighted by Gasteiger charge is 2.30. The Morgan fingerprint density at radius 2 is 2.15 bits per heavy atom. The van der Waals surface area contributed by atoms with Crippen LogP contribution in [0.1, 0.15) is 40.4 Å². The SMILES string of the molecule is Cc1cnn(CC2CN(C(=O)c3cn[nH]c3C3CCOCC3)CCO2)c1. The second kappa shape index (κ2) is 7.59. The maximum absolute atomic E-state index is 13.1. The zero-order chi connectivity index (χ0) is 17.9. The predicted octanol–water partition coefficient (Wildman–Crippen LogP) is 1.35. The van der Waals surface area contributed by atoms with Crippen LogP contribution in [0.3, 0.4) is 0 Å². The summed E-state index contributed by atoms with van der Waals surface area (Å²) < 4.78 is 13.1. The van der Waals surface area contributed by atoms with Crippen molar-refractivity contribution in [3.63, 3.8) is 0 Å². The number of rotatable bonds is 4. The summed E-state index contributed by atoms with van der Waals surface area (Å²) in [5.74, 6) is 0.347. The zero-order valence-electron chi connectivity index (χ0n) is 15.1. The van der Waals surface area contributed by atoms with E-state index in [9.17, 15) is 4.79 Å². The van der Waals surface area contributed by atoms with E-state index in [1.165, 1.54) is 0 Å². The fourth-order valence-electron chi connectivity index (χ4n) is 3.72. The van der Waals surface area contributed by atoms with E-state index in [0.717, 1.165) is 37.3 Å². The van der Waals surface area contributed by atoms with Gasteiger partial charge < -0.3 is 14.4 Å². The molecule has 4 heterocycles. The van der Waals surface area contributed by atoms with Crippen LogP contribution in [0.5, 0.6) is 0 Å². The van der Waals surface area contributed by atoms with Gasteiger partial charge in [0.15, 0.2) is 0 Å². The van der Waals surface area contributed by atoms with Crippen LogP contribution < -0.4 is 0 Å². The predicted molar refractivity (Wildman–Crippen MR) is 94.0 cm³/mol. The molecule has 0 saturated carbocycles. The summed E-state index contributed by atoms with van der Waals surface area (Å²) in [5, 5.41) is 11.5. The summed E-state index contributed by atoms with van der Waals surface area (Å²) in [7, 11) is 0. The van der Waals surface area contributed by atoms with Crippen molar-refractivity contribution in [2.75, 3.05) is 32.9 Å². The van der Waals surface area contributed by atoms with Gasteiger partial charge in [0.2, 0.25) is 0 Å². The van der Waals surface area contributed by atoms with Crippen LogP contribution in [0.25, 0.3) is 0 Å². The van der Waals surface area contributed by atoms with E-state index >= 15 is 0 Å². The van der Waals surface area contributed by atoms with Crippen LogP contribution in [-0.2, 0) is 16.0 Å². The number of H-pyrrole nitrogens is 1. The highest BCUT2D eigenvalue weighted by Crippen LogP contribution is 2.28. The molecule has 2 saturated heterocycles. The molecule has 2 aromatic rings. The van der Waals surface area contributed by atoms with Crippen LogP contribution in [0, 0.1) is 6.92 Å². The number of aromatic nitrogens is 4. The first-order valence-electron chi connectivity index (χ1n) is 9.21. The number of nitrogens with zero attached hydrogens (tertiary/aromatic N) is 4. The Bertz CT molecular complexity index is 750. The molecule has 8 heteroatoms. The molecule has 1 N–H and O–H groups in total. The third kappa shape index (κ3) is 3.66. The largest absolute Gasteiger partial charge is 0.381 e. The lowest BCUT2D eigenvalue weighted by atomic mass is 9.93. The number of ether oxygens (including phenoxy) is 2. The van der Waals surface area contributed by atoms with Crippen molar-refractivity contribution in [1.82, 2.24) is 24.9 Å². The van der Waals surface area contributed by atoms with Crippen LogP contribution in [0.15, 0.2) is 18.6 Å². The number of carbonyl (C=O) groups excluding carboxylic acids is 1. The van der Waals surface area contributed by atoms with Crippen molar-refractivity contribution >= 4 is 5.91 Å². The number of amides is 1. The molecule has 2 aliphatic rings. The fourth-order valence-corrected chi connectivity index (χ4v) is 3.72. The molecule has 4 rings (SSSR count). The Hall–Kier alpha value is -2.19. The number of aromatic amines is 1. The van der Waals surface area contributed by atoms with Gasteiger partial charge in [-0.3, -0.25) is 14.6 Å². The van der Waals surface area contributed by atoms with Gasteiger partial charge in [0.25, 0.3) is 5.91 Å². The van der Waals surface area contributed by atoms with Crippen molar-refractivity contribution in [1.29, 1.82) is 0 Å². The number of morpholine rings is 1. The second-order valence-corrected chi connectivity index (χ2v) is 7.07.